The molecule has 4 nitrogen and oxygen atoms in total. The van der Waals surface area contributed by atoms with E-state index in [1.807, 2.05) is 0 Å². The fourth-order valence-electron chi connectivity index (χ4n) is 1.60. The van der Waals surface area contributed by atoms with Gasteiger partial charge in [-0.1, -0.05) is 0 Å². The molecule has 8 heteroatoms. The summed E-state index contributed by atoms with van der Waals surface area (Å²) >= 11 is 0.816. The Morgan fingerprint density at radius 1 is 1.16 bits per heavy atom. The van der Waals surface area contributed by atoms with Crippen molar-refractivity contribution >= 4 is 27.6 Å². The topological polar surface area (TPSA) is 77.2 Å². The summed E-state index contributed by atoms with van der Waals surface area (Å²) in [6, 6.07) is 3.30. The number of hydrogen-bond acceptors (Lipinski definition) is 4. The third kappa shape index (κ3) is 2.42. The molecule has 0 spiro atoms. The van der Waals surface area contributed by atoms with E-state index in [9.17, 15) is 22.0 Å². The van der Waals surface area contributed by atoms with Gasteiger partial charge in [-0.15, -0.1) is 11.3 Å². The zero-order chi connectivity index (χ0) is 14.2. The Labute approximate surface area is 111 Å². The SMILES string of the molecule is NS(=O)(=O)c1sccc1-c1ccc(F)c(C=O)c1F. The van der Waals surface area contributed by atoms with E-state index in [-0.39, 0.29) is 21.6 Å². The van der Waals surface area contributed by atoms with E-state index in [0.29, 0.717) is 0 Å². The second-order valence-electron chi connectivity index (χ2n) is 3.61. The minimum atomic E-state index is -4.01. The lowest BCUT2D eigenvalue weighted by atomic mass is 10.0. The summed E-state index contributed by atoms with van der Waals surface area (Å²) in [7, 11) is -4.01. The highest BCUT2D eigenvalue weighted by atomic mass is 32.2. The van der Waals surface area contributed by atoms with Gasteiger partial charge in [0.15, 0.2) is 6.29 Å². The number of primary sulfonamides is 1. The second kappa shape index (κ2) is 4.80. The summed E-state index contributed by atoms with van der Waals surface area (Å²) in [5.74, 6) is -2.12. The molecule has 0 saturated carbocycles. The molecule has 0 atom stereocenters. The van der Waals surface area contributed by atoms with Gasteiger partial charge in [-0.05, 0) is 23.6 Å². The van der Waals surface area contributed by atoms with Gasteiger partial charge in [-0.25, -0.2) is 22.3 Å². The largest absolute Gasteiger partial charge is 0.298 e. The number of aldehydes is 1. The second-order valence-corrected chi connectivity index (χ2v) is 6.28. The molecule has 2 aromatic rings. The van der Waals surface area contributed by atoms with Crippen molar-refractivity contribution in [3.63, 3.8) is 0 Å². The number of rotatable bonds is 3. The molecule has 2 N–H and O–H groups in total. The van der Waals surface area contributed by atoms with Crippen LogP contribution in [0, 0.1) is 11.6 Å². The molecule has 2 rings (SSSR count). The first-order chi connectivity index (χ1) is 8.86. The first kappa shape index (κ1) is 13.8. The average molecular weight is 303 g/mol. The molecule has 0 saturated heterocycles. The smallest absolute Gasteiger partial charge is 0.248 e. The van der Waals surface area contributed by atoms with Crippen molar-refractivity contribution in [2.45, 2.75) is 4.21 Å². The Kier molecular flexibility index (Phi) is 3.48. The maximum absolute atomic E-state index is 14.0. The van der Waals surface area contributed by atoms with Crippen LogP contribution >= 0.6 is 11.3 Å². The Hall–Kier alpha value is -1.64. The summed E-state index contributed by atoms with van der Waals surface area (Å²) in [5.41, 5.74) is -0.925. The molecule has 0 bridgehead atoms. The highest BCUT2D eigenvalue weighted by Gasteiger charge is 2.21. The van der Waals surface area contributed by atoms with Crippen LogP contribution in [0.3, 0.4) is 0 Å². The number of benzene rings is 1. The van der Waals surface area contributed by atoms with Crippen LogP contribution in [0.5, 0.6) is 0 Å². The highest BCUT2D eigenvalue weighted by molar-refractivity contribution is 7.91. The molecule has 0 aliphatic carbocycles. The van der Waals surface area contributed by atoms with Crippen LogP contribution in [0.1, 0.15) is 10.4 Å². The van der Waals surface area contributed by atoms with Crippen molar-refractivity contribution in [1.29, 1.82) is 0 Å². The van der Waals surface area contributed by atoms with Crippen molar-refractivity contribution < 1.29 is 22.0 Å². The molecule has 1 heterocycles. The van der Waals surface area contributed by atoms with Gasteiger partial charge >= 0.3 is 0 Å². The fraction of sp³-hybridized carbons (Fsp3) is 0. The maximum atomic E-state index is 14.0. The van der Waals surface area contributed by atoms with Crippen LogP contribution in [-0.4, -0.2) is 14.7 Å². The number of thiophene rings is 1. The van der Waals surface area contributed by atoms with Crippen molar-refractivity contribution in [3.8, 4) is 11.1 Å². The van der Waals surface area contributed by atoms with Crippen LogP contribution in [0.2, 0.25) is 0 Å². The molecule has 0 amide bonds. The van der Waals surface area contributed by atoms with Gasteiger partial charge in [0.2, 0.25) is 10.0 Å². The zero-order valence-electron chi connectivity index (χ0n) is 9.26. The van der Waals surface area contributed by atoms with Gasteiger partial charge < -0.3 is 0 Å². The van der Waals surface area contributed by atoms with Crippen LogP contribution < -0.4 is 5.14 Å². The monoisotopic (exact) mass is 303 g/mol. The molecule has 1 aromatic carbocycles. The van der Waals surface area contributed by atoms with Gasteiger partial charge in [0.05, 0.1) is 5.56 Å². The number of sulfonamides is 1. The maximum Gasteiger partial charge on any atom is 0.248 e. The van der Waals surface area contributed by atoms with Crippen molar-refractivity contribution in [2.75, 3.05) is 0 Å². The summed E-state index contributed by atoms with van der Waals surface area (Å²) in [4.78, 5) is 10.6. The van der Waals surface area contributed by atoms with Crippen LogP contribution in [0.4, 0.5) is 8.78 Å². The number of hydrogen-bond donors (Lipinski definition) is 1. The Bertz CT molecular complexity index is 753. The standard InChI is InChI=1S/C11H7F2NO3S2/c12-9-2-1-6(10(13)8(9)5-15)7-3-4-18-11(7)19(14,16)17/h1-5H,(H2,14,16,17). The zero-order valence-corrected chi connectivity index (χ0v) is 10.9. The molecule has 1 aromatic heterocycles. The molecular weight excluding hydrogens is 296 g/mol. The molecule has 100 valence electrons. The van der Waals surface area contributed by atoms with Crippen LogP contribution in [0.25, 0.3) is 11.1 Å². The molecule has 19 heavy (non-hydrogen) atoms. The van der Waals surface area contributed by atoms with Crippen molar-refractivity contribution in [3.05, 3.63) is 40.8 Å². The first-order valence-corrected chi connectivity index (χ1v) is 7.32. The summed E-state index contributed by atoms with van der Waals surface area (Å²) in [6.07, 6.45) is 0.0388. The predicted molar refractivity (Wildman–Crippen MR) is 66.4 cm³/mol. The molecule has 0 fully saturated rings. The number of carbonyl (C=O) groups excluding carboxylic acids is 1. The number of nitrogens with two attached hydrogens (primary N) is 1. The highest BCUT2D eigenvalue weighted by Crippen LogP contribution is 2.34. The Morgan fingerprint density at radius 2 is 1.84 bits per heavy atom. The van der Waals surface area contributed by atoms with Crippen molar-refractivity contribution in [2.24, 2.45) is 5.14 Å². The van der Waals surface area contributed by atoms with E-state index in [4.69, 9.17) is 5.14 Å². The van der Waals surface area contributed by atoms with E-state index in [0.717, 1.165) is 23.5 Å². The minimum absolute atomic E-state index is 0.00750. The summed E-state index contributed by atoms with van der Waals surface area (Å²) in [6.45, 7) is 0. The van der Waals surface area contributed by atoms with E-state index in [1.54, 1.807) is 0 Å². The van der Waals surface area contributed by atoms with Gasteiger partial charge in [0.1, 0.15) is 15.8 Å². The number of halogens is 2. The van der Waals surface area contributed by atoms with Gasteiger partial charge in [0, 0.05) is 11.1 Å². The fourth-order valence-corrected chi connectivity index (χ4v) is 3.42. The lowest BCUT2D eigenvalue weighted by molar-refractivity contribution is 0.111. The predicted octanol–water partition coefficient (Wildman–Crippen LogP) is 2.15. The first-order valence-electron chi connectivity index (χ1n) is 4.90. The average Bonchev–Trinajstić information content (AvgIpc) is 2.78. The van der Waals surface area contributed by atoms with Gasteiger partial charge in [-0.2, -0.15) is 0 Å². The van der Waals surface area contributed by atoms with E-state index in [1.165, 1.54) is 11.4 Å². The van der Waals surface area contributed by atoms with Gasteiger partial charge in [-0.3, -0.25) is 4.79 Å². The van der Waals surface area contributed by atoms with Crippen LogP contribution in [-0.2, 0) is 10.0 Å². The molecule has 0 unspecified atom stereocenters. The lowest BCUT2D eigenvalue weighted by Gasteiger charge is -2.06. The summed E-state index contributed by atoms with van der Waals surface area (Å²) < 4.78 is 49.6. The molecular formula is C11H7F2NO3S2. The molecule has 0 aliphatic heterocycles. The Balaban J connectivity index is 2.75. The quantitative estimate of drug-likeness (QED) is 0.883. The third-order valence-electron chi connectivity index (χ3n) is 2.42. The van der Waals surface area contributed by atoms with Crippen LogP contribution in [0.15, 0.2) is 27.8 Å². The summed E-state index contributed by atoms with van der Waals surface area (Å²) in [5, 5.41) is 6.42. The van der Waals surface area contributed by atoms with E-state index < -0.39 is 27.2 Å². The lowest BCUT2D eigenvalue weighted by Crippen LogP contribution is -2.11. The van der Waals surface area contributed by atoms with E-state index in [2.05, 4.69) is 0 Å². The molecule has 0 aliphatic rings. The molecule has 0 radical (unpaired) electrons. The minimum Gasteiger partial charge on any atom is -0.298 e. The number of carbonyl (C=O) groups is 1. The van der Waals surface area contributed by atoms with Crippen molar-refractivity contribution in [1.82, 2.24) is 0 Å². The normalized spacial score (nSPS) is 11.5. The van der Waals surface area contributed by atoms with Gasteiger partial charge in [0.25, 0.3) is 0 Å². The third-order valence-corrected chi connectivity index (χ3v) is 4.85. The Morgan fingerprint density at radius 3 is 2.42 bits per heavy atom. The van der Waals surface area contributed by atoms with E-state index >= 15 is 0 Å².